The molecule has 8 nitrogen and oxygen atoms in total. The molecule has 3 aromatic rings. The van der Waals surface area contributed by atoms with Gasteiger partial charge in [0.1, 0.15) is 6.54 Å². The Hall–Kier alpha value is -3.20. The summed E-state index contributed by atoms with van der Waals surface area (Å²) < 4.78 is 26.5. The maximum absolute atomic E-state index is 12.4. The number of para-hydroxylation sites is 2. The molecule has 1 aromatic heterocycles. The van der Waals surface area contributed by atoms with Crippen LogP contribution < -0.4 is 15.6 Å². The molecule has 2 aromatic carbocycles. The van der Waals surface area contributed by atoms with E-state index in [9.17, 15) is 18.0 Å². The average molecular weight is 386 g/mol. The quantitative estimate of drug-likeness (QED) is 0.659. The number of rotatable bonds is 6. The summed E-state index contributed by atoms with van der Waals surface area (Å²) in [5.41, 5.74) is 1.28. The number of hydrogen-bond acceptors (Lipinski definition) is 5. The third-order valence-electron chi connectivity index (χ3n) is 3.83. The number of nitrogens with zero attached hydrogens (tertiary/aromatic N) is 2. The van der Waals surface area contributed by atoms with E-state index in [0.29, 0.717) is 22.2 Å². The van der Waals surface area contributed by atoms with Gasteiger partial charge in [0.2, 0.25) is 15.9 Å². The van der Waals surface area contributed by atoms with Crippen LogP contribution in [-0.4, -0.2) is 30.1 Å². The number of carbonyl (C=O) groups excluding carboxylic acids is 1. The molecular formula is C18H18N4O4S. The summed E-state index contributed by atoms with van der Waals surface area (Å²) in [5, 5.41) is 3.13. The highest BCUT2D eigenvalue weighted by Crippen LogP contribution is 2.15. The number of nitrogens with one attached hydrogen (secondary N) is 2. The van der Waals surface area contributed by atoms with E-state index in [1.54, 1.807) is 48.5 Å². The SMILES string of the molecule is CS(=O)(=O)Nc1ccccc1CNC(=O)Cn1cnc2ccccc2c1=O. The van der Waals surface area contributed by atoms with Crippen LogP contribution in [0.5, 0.6) is 0 Å². The van der Waals surface area contributed by atoms with Gasteiger partial charge in [-0.3, -0.25) is 18.9 Å². The normalized spacial score (nSPS) is 11.3. The minimum absolute atomic E-state index is 0.118. The lowest BCUT2D eigenvalue weighted by atomic mass is 10.2. The van der Waals surface area contributed by atoms with E-state index in [1.807, 2.05) is 0 Å². The minimum Gasteiger partial charge on any atom is -0.350 e. The summed E-state index contributed by atoms with van der Waals surface area (Å²) in [6, 6.07) is 13.7. The second kappa shape index (κ2) is 7.58. The van der Waals surface area contributed by atoms with Gasteiger partial charge in [0.25, 0.3) is 5.56 Å². The van der Waals surface area contributed by atoms with Crippen molar-refractivity contribution in [1.82, 2.24) is 14.9 Å². The summed E-state index contributed by atoms with van der Waals surface area (Å²) in [6.07, 6.45) is 2.39. The zero-order chi connectivity index (χ0) is 19.4. The lowest BCUT2D eigenvalue weighted by molar-refractivity contribution is -0.121. The van der Waals surface area contributed by atoms with Crippen LogP contribution in [0.25, 0.3) is 10.9 Å². The van der Waals surface area contributed by atoms with E-state index in [1.165, 1.54) is 10.9 Å². The molecule has 0 spiro atoms. The van der Waals surface area contributed by atoms with Gasteiger partial charge in [0.15, 0.2) is 0 Å². The van der Waals surface area contributed by atoms with Crippen molar-refractivity contribution in [3.8, 4) is 0 Å². The van der Waals surface area contributed by atoms with Crippen LogP contribution in [-0.2, 0) is 27.9 Å². The van der Waals surface area contributed by atoms with Gasteiger partial charge in [-0.2, -0.15) is 0 Å². The second-order valence-electron chi connectivity index (χ2n) is 6.00. The fourth-order valence-corrected chi connectivity index (χ4v) is 3.20. The van der Waals surface area contributed by atoms with Gasteiger partial charge < -0.3 is 5.32 Å². The Bertz CT molecular complexity index is 1160. The number of anilines is 1. The summed E-state index contributed by atoms with van der Waals surface area (Å²) in [6.45, 7) is -0.0639. The first-order valence-corrected chi connectivity index (χ1v) is 9.99. The highest BCUT2D eigenvalue weighted by molar-refractivity contribution is 7.92. The van der Waals surface area contributed by atoms with Crippen molar-refractivity contribution < 1.29 is 13.2 Å². The predicted molar refractivity (Wildman–Crippen MR) is 103 cm³/mol. The molecule has 0 aliphatic carbocycles. The summed E-state index contributed by atoms with van der Waals surface area (Å²) in [5.74, 6) is -0.386. The van der Waals surface area contributed by atoms with Crippen LogP contribution in [0, 0.1) is 0 Å². The molecule has 0 aliphatic rings. The van der Waals surface area contributed by atoms with Crippen LogP contribution in [0.4, 0.5) is 5.69 Å². The highest BCUT2D eigenvalue weighted by Gasteiger charge is 2.10. The smallest absolute Gasteiger partial charge is 0.261 e. The van der Waals surface area contributed by atoms with Gasteiger partial charge in [-0.05, 0) is 23.8 Å². The summed E-state index contributed by atoms with van der Waals surface area (Å²) in [4.78, 5) is 28.8. The molecule has 1 heterocycles. The zero-order valence-electron chi connectivity index (χ0n) is 14.5. The maximum atomic E-state index is 12.4. The number of fused-ring (bicyclic) bond motifs is 1. The molecule has 0 fully saturated rings. The molecule has 0 radical (unpaired) electrons. The van der Waals surface area contributed by atoms with Crippen molar-refractivity contribution in [3.05, 3.63) is 70.8 Å². The molecule has 0 atom stereocenters. The molecule has 0 bridgehead atoms. The van der Waals surface area contributed by atoms with Gasteiger partial charge in [-0.15, -0.1) is 0 Å². The lowest BCUT2D eigenvalue weighted by Crippen LogP contribution is -2.32. The number of aromatic nitrogens is 2. The first-order chi connectivity index (χ1) is 12.8. The fraction of sp³-hybridized carbons (Fsp3) is 0.167. The second-order valence-corrected chi connectivity index (χ2v) is 7.75. The molecule has 9 heteroatoms. The fourth-order valence-electron chi connectivity index (χ4n) is 2.60. The van der Waals surface area contributed by atoms with Crippen molar-refractivity contribution in [3.63, 3.8) is 0 Å². The third-order valence-corrected chi connectivity index (χ3v) is 4.42. The molecule has 0 aliphatic heterocycles. The largest absolute Gasteiger partial charge is 0.350 e. The number of hydrogen-bond donors (Lipinski definition) is 2. The Morgan fingerprint density at radius 1 is 1.11 bits per heavy atom. The van der Waals surface area contributed by atoms with Gasteiger partial charge in [-0.25, -0.2) is 13.4 Å². The van der Waals surface area contributed by atoms with E-state index < -0.39 is 10.0 Å². The van der Waals surface area contributed by atoms with Crippen molar-refractivity contribution in [2.24, 2.45) is 0 Å². The third kappa shape index (κ3) is 4.70. The molecule has 0 saturated carbocycles. The van der Waals surface area contributed by atoms with Gasteiger partial charge in [0, 0.05) is 6.54 Å². The highest BCUT2D eigenvalue weighted by atomic mass is 32.2. The molecule has 3 rings (SSSR count). The van der Waals surface area contributed by atoms with Gasteiger partial charge in [-0.1, -0.05) is 30.3 Å². The predicted octanol–water partition coefficient (Wildman–Crippen LogP) is 1.08. The summed E-state index contributed by atoms with van der Waals surface area (Å²) >= 11 is 0. The van der Waals surface area contributed by atoms with Crippen molar-refractivity contribution in [2.45, 2.75) is 13.1 Å². The zero-order valence-corrected chi connectivity index (χ0v) is 15.4. The number of sulfonamides is 1. The van der Waals surface area contributed by atoms with E-state index in [-0.39, 0.29) is 24.6 Å². The molecule has 0 unspecified atom stereocenters. The standard InChI is InChI=1S/C18H18N4O4S/c1-27(25,26)21-15-8-4-2-6-13(15)10-19-17(23)11-22-12-20-16-9-5-3-7-14(16)18(22)24/h2-9,12,21H,10-11H2,1H3,(H,19,23). The molecule has 1 amide bonds. The molecule has 27 heavy (non-hydrogen) atoms. The van der Waals surface area contributed by atoms with Crippen LogP contribution in [0.2, 0.25) is 0 Å². The molecule has 0 saturated heterocycles. The topological polar surface area (TPSA) is 110 Å². The van der Waals surface area contributed by atoms with E-state index in [4.69, 9.17) is 0 Å². The molecular weight excluding hydrogens is 368 g/mol. The maximum Gasteiger partial charge on any atom is 0.261 e. The first kappa shape index (κ1) is 18.6. The average Bonchev–Trinajstić information content (AvgIpc) is 2.62. The van der Waals surface area contributed by atoms with E-state index >= 15 is 0 Å². The van der Waals surface area contributed by atoms with Crippen molar-refractivity contribution in [1.29, 1.82) is 0 Å². The van der Waals surface area contributed by atoms with Crippen molar-refractivity contribution >= 4 is 32.5 Å². The minimum atomic E-state index is -3.43. The first-order valence-electron chi connectivity index (χ1n) is 8.10. The number of amides is 1. The monoisotopic (exact) mass is 386 g/mol. The Balaban J connectivity index is 1.71. The lowest BCUT2D eigenvalue weighted by Gasteiger charge is -2.12. The van der Waals surface area contributed by atoms with Crippen LogP contribution in [0.1, 0.15) is 5.56 Å². The van der Waals surface area contributed by atoms with Crippen LogP contribution >= 0.6 is 0 Å². The Kier molecular flexibility index (Phi) is 5.22. The van der Waals surface area contributed by atoms with Gasteiger partial charge in [0.05, 0.1) is 29.2 Å². The van der Waals surface area contributed by atoms with E-state index in [0.717, 1.165) is 6.26 Å². The van der Waals surface area contributed by atoms with Gasteiger partial charge >= 0.3 is 0 Å². The van der Waals surface area contributed by atoms with E-state index in [2.05, 4.69) is 15.0 Å². The van der Waals surface area contributed by atoms with Crippen molar-refractivity contribution in [2.75, 3.05) is 11.0 Å². The number of benzene rings is 2. The Morgan fingerprint density at radius 2 is 1.81 bits per heavy atom. The molecule has 2 N–H and O–H groups in total. The Labute approximate surface area is 155 Å². The number of carbonyl (C=O) groups is 1. The van der Waals surface area contributed by atoms with Crippen LogP contribution in [0.3, 0.4) is 0 Å². The van der Waals surface area contributed by atoms with Crippen LogP contribution in [0.15, 0.2) is 59.7 Å². The Morgan fingerprint density at radius 3 is 2.59 bits per heavy atom. The molecule has 140 valence electrons. The summed E-state index contributed by atoms with van der Waals surface area (Å²) in [7, 11) is -3.43.